The number of likely N-dealkylation sites (tertiary alicyclic amines) is 1. The Bertz CT molecular complexity index is 803. The van der Waals surface area contributed by atoms with Crippen molar-refractivity contribution in [3.63, 3.8) is 0 Å². The predicted octanol–water partition coefficient (Wildman–Crippen LogP) is 3.05. The van der Waals surface area contributed by atoms with Crippen LogP contribution >= 0.6 is 11.3 Å². The second-order valence-electron chi connectivity index (χ2n) is 6.00. The first-order valence-electron chi connectivity index (χ1n) is 7.89. The maximum atomic E-state index is 12.7. The Morgan fingerprint density at radius 1 is 1.30 bits per heavy atom. The first-order chi connectivity index (χ1) is 11.3. The molecule has 0 bridgehead atoms. The zero-order chi connectivity index (χ0) is 15.6. The standard InChI is InChI=1S/C17H18N4OS/c22-17(14-2-3-15-16(10-14)23-12-18-15)20-8-4-13(5-9-20)11-21-7-1-6-19-21/h1-3,6-7,10,12-13H,4-5,8-9,11H2. The van der Waals surface area contributed by atoms with Crippen LogP contribution in [0.25, 0.3) is 10.2 Å². The minimum atomic E-state index is 0.137. The summed E-state index contributed by atoms with van der Waals surface area (Å²) in [5.74, 6) is 0.737. The molecule has 0 spiro atoms. The highest BCUT2D eigenvalue weighted by Gasteiger charge is 2.24. The number of hydrogen-bond donors (Lipinski definition) is 0. The summed E-state index contributed by atoms with van der Waals surface area (Å²) in [7, 11) is 0. The van der Waals surface area contributed by atoms with Gasteiger partial charge in [-0.3, -0.25) is 9.48 Å². The number of aromatic nitrogens is 3. The minimum absolute atomic E-state index is 0.137. The van der Waals surface area contributed by atoms with Crippen LogP contribution in [0.4, 0.5) is 0 Å². The van der Waals surface area contributed by atoms with E-state index in [1.165, 1.54) is 0 Å². The van der Waals surface area contributed by atoms with E-state index in [9.17, 15) is 4.79 Å². The van der Waals surface area contributed by atoms with Gasteiger partial charge in [0.2, 0.25) is 0 Å². The van der Waals surface area contributed by atoms with Gasteiger partial charge in [0.15, 0.2) is 0 Å². The predicted molar refractivity (Wildman–Crippen MR) is 90.5 cm³/mol. The number of amides is 1. The summed E-state index contributed by atoms with van der Waals surface area (Å²) in [5, 5.41) is 4.27. The Labute approximate surface area is 138 Å². The number of benzene rings is 1. The van der Waals surface area contributed by atoms with Gasteiger partial charge in [-0.25, -0.2) is 4.98 Å². The van der Waals surface area contributed by atoms with Crippen LogP contribution in [-0.2, 0) is 6.54 Å². The second kappa shape index (κ2) is 6.12. The Morgan fingerprint density at radius 2 is 2.17 bits per heavy atom. The molecule has 6 heteroatoms. The molecule has 0 N–H and O–H groups in total. The van der Waals surface area contributed by atoms with Crippen molar-refractivity contribution in [3.05, 3.63) is 47.7 Å². The van der Waals surface area contributed by atoms with Crippen LogP contribution in [0.2, 0.25) is 0 Å². The van der Waals surface area contributed by atoms with E-state index < -0.39 is 0 Å². The van der Waals surface area contributed by atoms with E-state index >= 15 is 0 Å². The molecule has 3 aromatic rings. The smallest absolute Gasteiger partial charge is 0.253 e. The van der Waals surface area contributed by atoms with Gasteiger partial charge in [-0.05, 0) is 43.0 Å². The molecule has 3 heterocycles. The normalized spacial score (nSPS) is 16.1. The number of thiazole rings is 1. The lowest BCUT2D eigenvalue weighted by Crippen LogP contribution is -2.39. The van der Waals surface area contributed by atoms with Crippen molar-refractivity contribution >= 4 is 27.5 Å². The van der Waals surface area contributed by atoms with E-state index in [-0.39, 0.29) is 5.91 Å². The largest absolute Gasteiger partial charge is 0.339 e. The molecular formula is C17H18N4OS. The third-order valence-electron chi connectivity index (χ3n) is 4.48. The van der Waals surface area contributed by atoms with Gasteiger partial charge in [-0.2, -0.15) is 5.10 Å². The monoisotopic (exact) mass is 326 g/mol. The fourth-order valence-electron chi connectivity index (χ4n) is 3.16. The van der Waals surface area contributed by atoms with Gasteiger partial charge in [0, 0.05) is 37.6 Å². The Hall–Kier alpha value is -2.21. The van der Waals surface area contributed by atoms with Crippen molar-refractivity contribution in [2.75, 3.05) is 13.1 Å². The van der Waals surface area contributed by atoms with E-state index in [4.69, 9.17) is 0 Å². The molecule has 1 aromatic carbocycles. The summed E-state index contributed by atoms with van der Waals surface area (Å²) in [6, 6.07) is 7.74. The Morgan fingerprint density at radius 3 is 2.96 bits per heavy atom. The summed E-state index contributed by atoms with van der Waals surface area (Å²) in [6.45, 7) is 2.60. The van der Waals surface area contributed by atoms with Crippen molar-refractivity contribution in [3.8, 4) is 0 Å². The van der Waals surface area contributed by atoms with Gasteiger partial charge in [0.25, 0.3) is 5.91 Å². The van der Waals surface area contributed by atoms with Crippen molar-refractivity contribution < 1.29 is 4.79 Å². The summed E-state index contributed by atoms with van der Waals surface area (Å²) in [4.78, 5) is 18.9. The molecule has 4 rings (SSSR count). The third-order valence-corrected chi connectivity index (χ3v) is 5.28. The molecule has 2 aromatic heterocycles. The summed E-state index contributed by atoms with van der Waals surface area (Å²) in [5.41, 5.74) is 3.55. The lowest BCUT2D eigenvalue weighted by Gasteiger charge is -2.32. The number of hydrogen-bond acceptors (Lipinski definition) is 4. The zero-order valence-corrected chi connectivity index (χ0v) is 13.6. The Balaban J connectivity index is 1.40. The number of carbonyl (C=O) groups is 1. The molecule has 1 aliphatic rings. The van der Waals surface area contributed by atoms with Crippen LogP contribution < -0.4 is 0 Å². The lowest BCUT2D eigenvalue weighted by atomic mass is 9.96. The molecule has 1 aliphatic heterocycles. The van der Waals surface area contributed by atoms with Gasteiger partial charge in [-0.1, -0.05) is 0 Å². The third kappa shape index (κ3) is 2.99. The van der Waals surface area contributed by atoms with Gasteiger partial charge >= 0.3 is 0 Å². The summed E-state index contributed by atoms with van der Waals surface area (Å²) in [6.07, 6.45) is 5.89. The van der Waals surface area contributed by atoms with E-state index in [1.807, 2.05) is 51.8 Å². The summed E-state index contributed by atoms with van der Waals surface area (Å²) < 4.78 is 3.06. The molecule has 118 valence electrons. The maximum Gasteiger partial charge on any atom is 0.253 e. The molecule has 23 heavy (non-hydrogen) atoms. The van der Waals surface area contributed by atoms with Crippen LogP contribution in [0.15, 0.2) is 42.2 Å². The van der Waals surface area contributed by atoms with Crippen LogP contribution in [0.1, 0.15) is 23.2 Å². The first-order valence-corrected chi connectivity index (χ1v) is 8.77. The maximum absolute atomic E-state index is 12.7. The van der Waals surface area contributed by atoms with E-state index in [1.54, 1.807) is 11.3 Å². The average Bonchev–Trinajstić information content (AvgIpc) is 3.25. The molecule has 0 unspecified atom stereocenters. The zero-order valence-electron chi connectivity index (χ0n) is 12.8. The molecule has 0 radical (unpaired) electrons. The van der Waals surface area contributed by atoms with Crippen LogP contribution in [-0.4, -0.2) is 38.7 Å². The number of carbonyl (C=O) groups excluding carboxylic acids is 1. The van der Waals surface area contributed by atoms with Crippen molar-refractivity contribution in [1.82, 2.24) is 19.7 Å². The molecule has 0 aliphatic carbocycles. The highest BCUT2D eigenvalue weighted by Crippen LogP contribution is 2.23. The molecule has 1 fully saturated rings. The van der Waals surface area contributed by atoms with Crippen LogP contribution in [0.5, 0.6) is 0 Å². The fourth-order valence-corrected chi connectivity index (χ4v) is 3.88. The minimum Gasteiger partial charge on any atom is -0.339 e. The summed E-state index contributed by atoms with van der Waals surface area (Å²) >= 11 is 1.58. The van der Waals surface area contributed by atoms with Crippen molar-refractivity contribution in [2.24, 2.45) is 5.92 Å². The molecule has 1 saturated heterocycles. The SMILES string of the molecule is O=C(c1ccc2ncsc2c1)N1CCC(Cn2cccn2)CC1. The second-order valence-corrected chi connectivity index (χ2v) is 6.88. The van der Waals surface area contributed by atoms with Gasteiger partial charge in [0.1, 0.15) is 0 Å². The number of rotatable bonds is 3. The molecule has 1 amide bonds. The molecule has 0 atom stereocenters. The topological polar surface area (TPSA) is 51.0 Å². The van der Waals surface area contributed by atoms with E-state index in [0.29, 0.717) is 5.92 Å². The van der Waals surface area contributed by atoms with Crippen LogP contribution in [0.3, 0.4) is 0 Å². The fraction of sp³-hybridized carbons (Fsp3) is 0.353. The number of piperidine rings is 1. The van der Waals surface area contributed by atoms with Gasteiger partial charge in [-0.15, -0.1) is 11.3 Å². The van der Waals surface area contributed by atoms with Crippen molar-refractivity contribution in [2.45, 2.75) is 19.4 Å². The molecular weight excluding hydrogens is 308 g/mol. The lowest BCUT2D eigenvalue weighted by molar-refractivity contribution is 0.0681. The quantitative estimate of drug-likeness (QED) is 0.743. The molecule has 0 saturated carbocycles. The average molecular weight is 326 g/mol. The first kappa shape index (κ1) is 14.4. The number of fused-ring (bicyclic) bond motifs is 1. The van der Waals surface area contributed by atoms with Crippen LogP contribution in [0, 0.1) is 5.92 Å². The highest BCUT2D eigenvalue weighted by molar-refractivity contribution is 7.16. The molecule has 5 nitrogen and oxygen atoms in total. The van der Waals surface area contributed by atoms with E-state index in [2.05, 4.69) is 10.1 Å². The number of nitrogens with zero attached hydrogens (tertiary/aromatic N) is 4. The Kier molecular flexibility index (Phi) is 3.83. The van der Waals surface area contributed by atoms with Crippen molar-refractivity contribution in [1.29, 1.82) is 0 Å². The van der Waals surface area contributed by atoms with E-state index in [0.717, 1.165) is 48.3 Å². The van der Waals surface area contributed by atoms with Gasteiger partial charge < -0.3 is 4.90 Å². The van der Waals surface area contributed by atoms with Gasteiger partial charge in [0.05, 0.1) is 15.7 Å². The highest BCUT2D eigenvalue weighted by atomic mass is 32.1.